The van der Waals surface area contributed by atoms with E-state index in [1.807, 2.05) is 24.3 Å². The molecule has 1 aliphatic rings. The van der Waals surface area contributed by atoms with Crippen LogP contribution in [0.25, 0.3) is 16.9 Å². The lowest BCUT2D eigenvalue weighted by atomic mass is 10.1. The second-order valence-corrected chi connectivity index (χ2v) is 7.15. The summed E-state index contributed by atoms with van der Waals surface area (Å²) in [6.45, 7) is 0. The molecule has 4 nitrogen and oxygen atoms in total. The number of fused-ring (bicyclic) bond motifs is 1. The maximum atomic E-state index is 5.27. The number of nitrogens with zero attached hydrogens (tertiary/aromatic N) is 2. The van der Waals surface area contributed by atoms with Gasteiger partial charge in [0.05, 0.1) is 7.11 Å². The summed E-state index contributed by atoms with van der Waals surface area (Å²) in [5.41, 5.74) is 3.03. The van der Waals surface area contributed by atoms with Gasteiger partial charge in [0.15, 0.2) is 0 Å². The molecule has 0 radical (unpaired) electrons. The number of pyridine rings is 1. The molecule has 0 aliphatic heterocycles. The van der Waals surface area contributed by atoms with Gasteiger partial charge in [-0.1, -0.05) is 12.8 Å². The van der Waals surface area contributed by atoms with Crippen molar-refractivity contribution in [2.24, 2.45) is 0 Å². The molecule has 2 aromatic heterocycles. The molecule has 124 valence electrons. The summed E-state index contributed by atoms with van der Waals surface area (Å²) >= 11 is 3.57. The van der Waals surface area contributed by atoms with E-state index in [0.717, 1.165) is 32.9 Å². The van der Waals surface area contributed by atoms with Crippen LogP contribution in [0.4, 0.5) is 5.82 Å². The Balaban J connectivity index is 1.82. The van der Waals surface area contributed by atoms with Crippen molar-refractivity contribution in [2.75, 3.05) is 12.4 Å². The van der Waals surface area contributed by atoms with Crippen molar-refractivity contribution in [3.05, 3.63) is 47.1 Å². The SMILES string of the molecule is COc1ccc(-c2nc3ccc(Br)cn3c2NC2CCCC2)cc1. The Morgan fingerprint density at radius 1 is 1.12 bits per heavy atom. The van der Waals surface area contributed by atoms with E-state index < -0.39 is 0 Å². The Bertz CT molecular complexity index is 851. The highest BCUT2D eigenvalue weighted by Gasteiger charge is 2.20. The maximum Gasteiger partial charge on any atom is 0.139 e. The zero-order valence-corrected chi connectivity index (χ0v) is 15.2. The Morgan fingerprint density at radius 2 is 1.88 bits per heavy atom. The molecule has 0 amide bonds. The highest BCUT2D eigenvalue weighted by atomic mass is 79.9. The van der Waals surface area contributed by atoms with Crippen LogP contribution in [0.2, 0.25) is 0 Å². The van der Waals surface area contributed by atoms with Crippen molar-refractivity contribution in [1.29, 1.82) is 0 Å². The van der Waals surface area contributed by atoms with Crippen molar-refractivity contribution >= 4 is 27.4 Å². The second kappa shape index (κ2) is 6.48. The summed E-state index contributed by atoms with van der Waals surface area (Å²) < 4.78 is 8.46. The first-order chi connectivity index (χ1) is 11.7. The van der Waals surface area contributed by atoms with Gasteiger partial charge in [0, 0.05) is 22.3 Å². The molecular formula is C19H20BrN3O. The quantitative estimate of drug-likeness (QED) is 0.676. The van der Waals surface area contributed by atoms with Gasteiger partial charge < -0.3 is 10.1 Å². The second-order valence-electron chi connectivity index (χ2n) is 6.24. The average Bonchev–Trinajstić information content (AvgIpc) is 3.24. The summed E-state index contributed by atoms with van der Waals surface area (Å²) in [5.74, 6) is 1.93. The van der Waals surface area contributed by atoms with E-state index in [-0.39, 0.29) is 0 Å². The summed E-state index contributed by atoms with van der Waals surface area (Å²) in [5, 5.41) is 3.74. The standard InChI is InChI=1S/C19H20BrN3O/c1-24-16-9-6-13(7-10-16)18-19(21-15-4-2-3-5-15)23-12-14(20)8-11-17(23)22-18/h6-12,15,21H,2-5H2,1H3. The third kappa shape index (κ3) is 2.88. The maximum absolute atomic E-state index is 5.27. The normalized spacial score (nSPS) is 15.1. The Kier molecular flexibility index (Phi) is 4.19. The van der Waals surface area contributed by atoms with Gasteiger partial charge in [0.1, 0.15) is 22.9 Å². The summed E-state index contributed by atoms with van der Waals surface area (Å²) in [6, 6.07) is 12.7. The fraction of sp³-hybridized carbons (Fsp3) is 0.316. The van der Waals surface area contributed by atoms with Crippen LogP contribution >= 0.6 is 15.9 Å². The minimum atomic E-state index is 0.529. The minimum absolute atomic E-state index is 0.529. The lowest BCUT2D eigenvalue weighted by Crippen LogP contribution is -2.16. The molecule has 24 heavy (non-hydrogen) atoms. The Labute approximate surface area is 150 Å². The number of aromatic nitrogens is 2. The van der Waals surface area contributed by atoms with E-state index >= 15 is 0 Å². The van der Waals surface area contributed by atoms with Gasteiger partial charge >= 0.3 is 0 Å². The van der Waals surface area contributed by atoms with E-state index in [0.29, 0.717) is 6.04 Å². The van der Waals surface area contributed by atoms with Crippen LogP contribution in [0.3, 0.4) is 0 Å². The van der Waals surface area contributed by atoms with Gasteiger partial charge in [-0.25, -0.2) is 4.98 Å². The number of anilines is 1. The third-order valence-corrected chi connectivity index (χ3v) is 5.11. The van der Waals surface area contributed by atoms with E-state index in [9.17, 15) is 0 Å². The first-order valence-electron chi connectivity index (χ1n) is 8.33. The predicted molar refractivity (Wildman–Crippen MR) is 101 cm³/mol. The third-order valence-electron chi connectivity index (χ3n) is 4.64. The average molecular weight is 386 g/mol. The number of hydrogen-bond acceptors (Lipinski definition) is 3. The number of benzene rings is 1. The molecule has 1 saturated carbocycles. The van der Waals surface area contributed by atoms with Crippen molar-refractivity contribution in [3.8, 4) is 17.0 Å². The van der Waals surface area contributed by atoms with Crippen molar-refractivity contribution in [1.82, 2.24) is 9.38 Å². The predicted octanol–water partition coefficient (Wildman–Crippen LogP) is 5.13. The number of rotatable bonds is 4. The number of nitrogens with one attached hydrogen (secondary N) is 1. The van der Waals surface area contributed by atoms with Gasteiger partial charge in [0.25, 0.3) is 0 Å². The lowest BCUT2D eigenvalue weighted by Gasteiger charge is -2.15. The summed E-state index contributed by atoms with van der Waals surface area (Å²) in [7, 11) is 1.69. The molecule has 1 aromatic carbocycles. The Hall–Kier alpha value is -2.01. The van der Waals surface area contributed by atoms with Gasteiger partial charge in [-0.15, -0.1) is 0 Å². The number of hydrogen-bond donors (Lipinski definition) is 1. The van der Waals surface area contributed by atoms with Gasteiger partial charge in [-0.05, 0) is 65.2 Å². The zero-order chi connectivity index (χ0) is 16.5. The molecule has 0 spiro atoms. The minimum Gasteiger partial charge on any atom is -0.497 e. The van der Waals surface area contributed by atoms with Crippen LogP contribution in [-0.4, -0.2) is 22.5 Å². The highest BCUT2D eigenvalue weighted by Crippen LogP contribution is 2.33. The zero-order valence-electron chi connectivity index (χ0n) is 13.6. The number of methoxy groups -OCH3 is 1. The molecule has 0 atom stereocenters. The summed E-state index contributed by atoms with van der Waals surface area (Å²) in [4.78, 5) is 4.86. The van der Waals surface area contributed by atoms with E-state index in [2.05, 4.69) is 44.0 Å². The summed E-state index contributed by atoms with van der Waals surface area (Å²) in [6.07, 6.45) is 7.13. The molecule has 0 bridgehead atoms. The lowest BCUT2D eigenvalue weighted by molar-refractivity contribution is 0.415. The van der Waals surface area contributed by atoms with Crippen molar-refractivity contribution in [3.63, 3.8) is 0 Å². The molecule has 5 heteroatoms. The van der Waals surface area contributed by atoms with Gasteiger partial charge in [-0.2, -0.15) is 0 Å². The largest absolute Gasteiger partial charge is 0.497 e. The number of ether oxygens (including phenoxy) is 1. The smallest absolute Gasteiger partial charge is 0.139 e. The molecule has 1 N–H and O–H groups in total. The molecular weight excluding hydrogens is 366 g/mol. The molecule has 2 heterocycles. The topological polar surface area (TPSA) is 38.6 Å². The van der Waals surface area contributed by atoms with E-state index in [1.54, 1.807) is 7.11 Å². The van der Waals surface area contributed by atoms with Crippen LogP contribution < -0.4 is 10.1 Å². The van der Waals surface area contributed by atoms with Crippen LogP contribution in [-0.2, 0) is 0 Å². The molecule has 0 unspecified atom stereocenters. The first-order valence-corrected chi connectivity index (χ1v) is 9.12. The molecule has 1 aliphatic carbocycles. The molecule has 3 aromatic rings. The van der Waals surface area contributed by atoms with Crippen LogP contribution in [0, 0.1) is 0 Å². The van der Waals surface area contributed by atoms with Gasteiger partial charge in [-0.3, -0.25) is 4.40 Å². The van der Waals surface area contributed by atoms with Gasteiger partial charge in [0.2, 0.25) is 0 Å². The van der Waals surface area contributed by atoms with Crippen molar-refractivity contribution < 1.29 is 4.74 Å². The molecule has 0 saturated heterocycles. The first kappa shape index (κ1) is 15.5. The highest BCUT2D eigenvalue weighted by molar-refractivity contribution is 9.10. The number of imidazole rings is 1. The molecule has 1 fully saturated rings. The Morgan fingerprint density at radius 3 is 2.58 bits per heavy atom. The fourth-order valence-corrected chi connectivity index (χ4v) is 3.71. The van der Waals surface area contributed by atoms with Crippen LogP contribution in [0.15, 0.2) is 47.1 Å². The fourth-order valence-electron chi connectivity index (χ4n) is 3.37. The number of halogens is 1. The molecule has 4 rings (SSSR count). The van der Waals surface area contributed by atoms with Crippen LogP contribution in [0.5, 0.6) is 5.75 Å². The van der Waals surface area contributed by atoms with Crippen LogP contribution in [0.1, 0.15) is 25.7 Å². The monoisotopic (exact) mass is 385 g/mol. The van der Waals surface area contributed by atoms with E-state index in [1.165, 1.54) is 25.7 Å². The van der Waals surface area contributed by atoms with E-state index in [4.69, 9.17) is 9.72 Å². The van der Waals surface area contributed by atoms with Crippen molar-refractivity contribution in [2.45, 2.75) is 31.7 Å².